The van der Waals surface area contributed by atoms with Crippen molar-refractivity contribution in [2.45, 2.75) is 32.3 Å². The Bertz CT molecular complexity index is 320. The Balaban J connectivity index is 2.08. The van der Waals surface area contributed by atoms with Crippen LogP contribution in [0.15, 0.2) is 5.38 Å². The topological polar surface area (TPSA) is 59.1 Å². The number of nitrogens with two attached hydrogens (primary N) is 1. The van der Waals surface area contributed by atoms with Gasteiger partial charge < -0.3 is 10.8 Å². The first-order valence-electron chi connectivity index (χ1n) is 4.98. The van der Waals surface area contributed by atoms with Gasteiger partial charge in [-0.15, -0.1) is 11.3 Å². The van der Waals surface area contributed by atoms with E-state index in [4.69, 9.17) is 5.73 Å². The van der Waals surface area contributed by atoms with Crippen molar-refractivity contribution in [3.05, 3.63) is 16.1 Å². The van der Waals surface area contributed by atoms with Gasteiger partial charge in [-0.1, -0.05) is 6.92 Å². The lowest BCUT2D eigenvalue weighted by Crippen LogP contribution is -2.10. The lowest BCUT2D eigenvalue weighted by atomic mass is 10.0. The molecule has 1 saturated carbocycles. The quantitative estimate of drug-likeness (QED) is 0.794. The fourth-order valence-electron chi connectivity index (χ4n) is 1.48. The van der Waals surface area contributed by atoms with Gasteiger partial charge in [0.15, 0.2) is 0 Å². The third-order valence-corrected chi connectivity index (χ3v) is 3.85. The van der Waals surface area contributed by atoms with Crippen LogP contribution in [0.2, 0.25) is 0 Å². The van der Waals surface area contributed by atoms with Gasteiger partial charge in [0.1, 0.15) is 11.1 Å². The van der Waals surface area contributed by atoms with Crippen molar-refractivity contribution < 1.29 is 5.11 Å². The average molecular weight is 212 g/mol. The number of aliphatic hydroxyl groups excluding tert-OH is 1. The summed E-state index contributed by atoms with van der Waals surface area (Å²) >= 11 is 1.55. The van der Waals surface area contributed by atoms with E-state index in [0.717, 1.165) is 30.0 Å². The summed E-state index contributed by atoms with van der Waals surface area (Å²) in [5.74, 6) is 0. The largest absolute Gasteiger partial charge is 0.385 e. The maximum atomic E-state index is 10.0. The monoisotopic (exact) mass is 212 g/mol. The molecule has 1 aromatic heterocycles. The summed E-state index contributed by atoms with van der Waals surface area (Å²) in [4.78, 5) is 4.39. The minimum Gasteiger partial charge on any atom is -0.385 e. The van der Waals surface area contributed by atoms with Crippen LogP contribution in [0.5, 0.6) is 0 Å². The van der Waals surface area contributed by atoms with Gasteiger partial charge in [-0.2, -0.15) is 0 Å². The van der Waals surface area contributed by atoms with Crippen molar-refractivity contribution in [3.63, 3.8) is 0 Å². The van der Waals surface area contributed by atoms with Crippen LogP contribution in [-0.2, 0) is 6.42 Å². The molecule has 1 atom stereocenters. The zero-order chi connectivity index (χ0) is 10.2. The molecule has 4 heteroatoms. The van der Waals surface area contributed by atoms with Crippen LogP contribution in [0.1, 0.15) is 36.6 Å². The molecule has 1 aromatic rings. The molecule has 14 heavy (non-hydrogen) atoms. The summed E-state index contributed by atoms with van der Waals surface area (Å²) < 4.78 is 0. The second-order valence-electron chi connectivity index (χ2n) is 4.27. The Morgan fingerprint density at radius 3 is 3.00 bits per heavy atom. The molecular formula is C10H16N2OS. The number of hydrogen-bond acceptors (Lipinski definition) is 4. The molecule has 3 N–H and O–H groups in total. The van der Waals surface area contributed by atoms with Crippen LogP contribution in [0.25, 0.3) is 0 Å². The number of thiazole rings is 1. The third-order valence-electron chi connectivity index (χ3n) is 2.90. The molecule has 0 spiro atoms. The fourth-order valence-corrected chi connectivity index (χ4v) is 2.49. The Hall–Kier alpha value is -0.450. The van der Waals surface area contributed by atoms with Crippen molar-refractivity contribution >= 4 is 11.3 Å². The summed E-state index contributed by atoms with van der Waals surface area (Å²) in [6, 6.07) is 0. The van der Waals surface area contributed by atoms with Crippen LogP contribution < -0.4 is 5.73 Å². The van der Waals surface area contributed by atoms with Crippen molar-refractivity contribution in [2.24, 2.45) is 11.1 Å². The lowest BCUT2D eigenvalue weighted by molar-refractivity contribution is 0.103. The molecule has 0 amide bonds. The van der Waals surface area contributed by atoms with E-state index in [2.05, 4.69) is 11.9 Å². The summed E-state index contributed by atoms with van der Waals surface area (Å²) in [7, 11) is 0. The molecule has 0 bridgehead atoms. The number of aliphatic hydroxyl groups is 1. The van der Waals surface area contributed by atoms with Gasteiger partial charge in [0.2, 0.25) is 0 Å². The molecular weight excluding hydrogens is 196 g/mol. The maximum absolute atomic E-state index is 10.0. The second kappa shape index (κ2) is 3.61. The van der Waals surface area contributed by atoms with E-state index in [1.54, 1.807) is 11.3 Å². The van der Waals surface area contributed by atoms with Crippen molar-refractivity contribution in [1.82, 2.24) is 4.98 Å². The predicted octanol–water partition coefficient (Wildman–Crippen LogP) is 1.48. The van der Waals surface area contributed by atoms with Gasteiger partial charge in [-0.3, -0.25) is 0 Å². The van der Waals surface area contributed by atoms with Crippen LogP contribution in [0.3, 0.4) is 0 Å². The first-order chi connectivity index (χ1) is 6.65. The molecule has 1 unspecified atom stereocenters. The van der Waals surface area contributed by atoms with E-state index in [9.17, 15) is 5.11 Å². The third kappa shape index (κ3) is 1.82. The van der Waals surface area contributed by atoms with Gasteiger partial charge in [0.25, 0.3) is 0 Å². The van der Waals surface area contributed by atoms with E-state index in [-0.39, 0.29) is 11.5 Å². The Kier molecular flexibility index (Phi) is 2.60. The van der Waals surface area contributed by atoms with Gasteiger partial charge in [-0.25, -0.2) is 4.98 Å². The molecule has 0 radical (unpaired) electrons. The molecule has 2 rings (SSSR count). The van der Waals surface area contributed by atoms with Crippen molar-refractivity contribution in [3.8, 4) is 0 Å². The zero-order valence-electron chi connectivity index (χ0n) is 8.36. The van der Waals surface area contributed by atoms with E-state index >= 15 is 0 Å². The minimum atomic E-state index is -0.376. The summed E-state index contributed by atoms with van der Waals surface area (Å²) in [5.41, 5.74) is 6.55. The normalized spacial score (nSPS) is 20.8. The highest BCUT2D eigenvalue weighted by Gasteiger charge is 2.46. The van der Waals surface area contributed by atoms with Gasteiger partial charge in [-0.05, 0) is 19.4 Å². The number of hydrogen-bond donors (Lipinski definition) is 2. The van der Waals surface area contributed by atoms with Crippen LogP contribution in [-0.4, -0.2) is 16.6 Å². The zero-order valence-corrected chi connectivity index (χ0v) is 9.18. The SMILES string of the molecule is CC1(C(O)c2nc(CCN)cs2)CC1. The standard InChI is InChI=1S/C10H16N2OS/c1-10(3-4-10)8(13)9-12-7(2-5-11)6-14-9/h6,8,13H,2-5,11H2,1H3. The smallest absolute Gasteiger partial charge is 0.122 e. The summed E-state index contributed by atoms with van der Waals surface area (Å²) in [6.07, 6.45) is 2.65. The van der Waals surface area contributed by atoms with Crippen LogP contribution >= 0.6 is 11.3 Å². The molecule has 0 aromatic carbocycles. The van der Waals surface area contributed by atoms with Gasteiger partial charge in [0.05, 0.1) is 5.69 Å². The van der Waals surface area contributed by atoms with E-state index in [0.29, 0.717) is 6.54 Å². The molecule has 1 heterocycles. The lowest BCUT2D eigenvalue weighted by Gasteiger charge is -2.13. The second-order valence-corrected chi connectivity index (χ2v) is 5.16. The summed E-state index contributed by atoms with van der Waals surface area (Å²) in [5, 5.41) is 12.9. The Morgan fingerprint density at radius 2 is 2.43 bits per heavy atom. The van der Waals surface area contributed by atoms with Gasteiger partial charge >= 0.3 is 0 Å². The highest BCUT2D eigenvalue weighted by Crippen LogP contribution is 2.54. The number of aromatic nitrogens is 1. The van der Waals surface area contributed by atoms with Crippen molar-refractivity contribution in [1.29, 1.82) is 0 Å². The number of nitrogens with zero attached hydrogens (tertiary/aromatic N) is 1. The first-order valence-corrected chi connectivity index (χ1v) is 5.86. The first kappa shape index (κ1) is 10.1. The van der Waals surface area contributed by atoms with Gasteiger partial charge in [0, 0.05) is 17.2 Å². The van der Waals surface area contributed by atoms with Crippen molar-refractivity contribution in [2.75, 3.05) is 6.54 Å². The average Bonchev–Trinajstić information content (AvgIpc) is 2.76. The summed E-state index contributed by atoms with van der Waals surface area (Å²) in [6.45, 7) is 2.73. The molecule has 1 fully saturated rings. The van der Waals surface area contributed by atoms with E-state index < -0.39 is 0 Å². The molecule has 78 valence electrons. The molecule has 1 aliphatic carbocycles. The number of rotatable bonds is 4. The molecule has 1 aliphatic rings. The fraction of sp³-hybridized carbons (Fsp3) is 0.700. The molecule has 0 aliphatic heterocycles. The predicted molar refractivity (Wildman–Crippen MR) is 57.2 cm³/mol. The Labute approximate surface area is 88.0 Å². The highest BCUT2D eigenvalue weighted by atomic mass is 32.1. The van der Waals surface area contributed by atoms with Crippen LogP contribution in [0.4, 0.5) is 0 Å². The Morgan fingerprint density at radius 1 is 1.71 bits per heavy atom. The maximum Gasteiger partial charge on any atom is 0.122 e. The highest BCUT2D eigenvalue weighted by molar-refractivity contribution is 7.09. The van der Waals surface area contributed by atoms with E-state index in [1.165, 1.54) is 0 Å². The van der Waals surface area contributed by atoms with E-state index in [1.807, 2.05) is 5.38 Å². The molecule has 3 nitrogen and oxygen atoms in total. The van der Waals surface area contributed by atoms with Crippen LogP contribution in [0, 0.1) is 5.41 Å². The molecule has 0 saturated heterocycles. The minimum absolute atomic E-state index is 0.0951.